The lowest BCUT2D eigenvalue weighted by Gasteiger charge is -2.36. The number of para-hydroxylation sites is 1. The minimum absolute atomic E-state index is 0.127. The number of allylic oxidation sites excluding steroid dienone is 1. The van der Waals surface area contributed by atoms with Gasteiger partial charge in [-0.3, -0.25) is 9.79 Å². The molecule has 31 heavy (non-hydrogen) atoms. The van der Waals surface area contributed by atoms with Gasteiger partial charge in [0.25, 0.3) is 0 Å². The van der Waals surface area contributed by atoms with Gasteiger partial charge in [-0.25, -0.2) is 4.79 Å². The third-order valence-corrected chi connectivity index (χ3v) is 5.89. The first-order valence-electron chi connectivity index (χ1n) is 10.8. The van der Waals surface area contributed by atoms with Gasteiger partial charge in [0, 0.05) is 29.3 Å². The summed E-state index contributed by atoms with van der Waals surface area (Å²) in [7, 11) is 0. The van der Waals surface area contributed by atoms with Gasteiger partial charge in [0.15, 0.2) is 0 Å². The van der Waals surface area contributed by atoms with Crippen LogP contribution in [-0.2, 0) is 20.9 Å². The molecule has 1 saturated carbocycles. The van der Waals surface area contributed by atoms with Crippen molar-refractivity contribution in [2.24, 2.45) is 10.9 Å². The molecular weight excluding hydrogens is 390 g/mol. The second-order valence-electron chi connectivity index (χ2n) is 7.91. The first-order chi connectivity index (χ1) is 15.1. The summed E-state index contributed by atoms with van der Waals surface area (Å²) in [4.78, 5) is 31.1. The SMILES string of the molecule is CCOc1ccccc1[C@@H]1C(C(=O)OCc2ccccc2)=C(C)N=C2CCCC(=O)C21. The number of benzene rings is 2. The highest BCUT2D eigenvalue weighted by molar-refractivity contribution is 6.11. The Kier molecular flexibility index (Phi) is 6.31. The molecule has 160 valence electrons. The van der Waals surface area contributed by atoms with E-state index < -0.39 is 17.8 Å². The topological polar surface area (TPSA) is 65.0 Å². The van der Waals surface area contributed by atoms with E-state index in [9.17, 15) is 9.59 Å². The van der Waals surface area contributed by atoms with Gasteiger partial charge in [-0.1, -0.05) is 48.5 Å². The molecule has 1 unspecified atom stereocenters. The Hall–Kier alpha value is -3.21. The monoisotopic (exact) mass is 417 g/mol. The number of ketones is 1. The Morgan fingerprint density at radius 2 is 1.77 bits per heavy atom. The minimum Gasteiger partial charge on any atom is -0.494 e. The smallest absolute Gasteiger partial charge is 0.336 e. The Morgan fingerprint density at radius 1 is 1.03 bits per heavy atom. The van der Waals surface area contributed by atoms with Crippen molar-refractivity contribution in [2.75, 3.05) is 6.61 Å². The second-order valence-corrected chi connectivity index (χ2v) is 7.91. The van der Waals surface area contributed by atoms with E-state index in [2.05, 4.69) is 0 Å². The van der Waals surface area contributed by atoms with Crippen LogP contribution >= 0.6 is 0 Å². The normalized spacial score (nSPS) is 20.7. The highest BCUT2D eigenvalue weighted by Crippen LogP contribution is 2.45. The fourth-order valence-corrected chi connectivity index (χ4v) is 4.55. The van der Waals surface area contributed by atoms with E-state index >= 15 is 0 Å². The Balaban J connectivity index is 1.75. The fourth-order valence-electron chi connectivity index (χ4n) is 4.55. The Bertz CT molecular complexity index is 1040. The summed E-state index contributed by atoms with van der Waals surface area (Å²) in [5.74, 6) is -0.513. The number of ether oxygens (including phenoxy) is 2. The first-order valence-corrected chi connectivity index (χ1v) is 10.8. The highest BCUT2D eigenvalue weighted by atomic mass is 16.5. The molecule has 5 heteroatoms. The van der Waals surface area contributed by atoms with Gasteiger partial charge in [-0.15, -0.1) is 0 Å². The van der Waals surface area contributed by atoms with Crippen molar-refractivity contribution >= 4 is 17.5 Å². The highest BCUT2D eigenvalue weighted by Gasteiger charge is 2.44. The summed E-state index contributed by atoms with van der Waals surface area (Å²) in [6.45, 7) is 4.43. The number of hydrogen-bond donors (Lipinski definition) is 0. The number of carbonyl (C=O) groups is 2. The van der Waals surface area contributed by atoms with Crippen molar-refractivity contribution in [3.8, 4) is 5.75 Å². The van der Waals surface area contributed by atoms with Crippen molar-refractivity contribution in [1.82, 2.24) is 0 Å². The first kappa shape index (κ1) is 21.0. The average Bonchev–Trinajstić information content (AvgIpc) is 2.78. The van der Waals surface area contributed by atoms with Gasteiger partial charge in [0.05, 0.1) is 18.1 Å². The number of rotatable bonds is 6. The molecule has 4 rings (SSSR count). The molecule has 2 aliphatic rings. The van der Waals surface area contributed by atoms with Crippen LogP contribution in [0.1, 0.15) is 50.2 Å². The molecule has 0 amide bonds. The number of Topliss-reactive ketones (excluding diaryl/α,β-unsaturated/α-hetero) is 1. The molecule has 1 fully saturated rings. The quantitative estimate of drug-likeness (QED) is 0.620. The summed E-state index contributed by atoms with van der Waals surface area (Å²) in [5, 5.41) is 0. The zero-order valence-electron chi connectivity index (χ0n) is 18.0. The predicted octanol–water partition coefficient (Wildman–Crippen LogP) is 5.01. The molecule has 0 aromatic heterocycles. The molecule has 1 aliphatic carbocycles. The fraction of sp³-hybridized carbons (Fsp3) is 0.346. The van der Waals surface area contributed by atoms with Crippen molar-refractivity contribution in [2.45, 2.75) is 45.6 Å². The number of fused-ring (bicyclic) bond motifs is 1. The molecule has 0 bridgehead atoms. The van der Waals surface area contributed by atoms with Crippen LogP contribution in [0.2, 0.25) is 0 Å². The Labute approximate surface area is 182 Å². The number of carbonyl (C=O) groups excluding carboxylic acids is 2. The predicted molar refractivity (Wildman–Crippen MR) is 119 cm³/mol. The van der Waals surface area contributed by atoms with Gasteiger partial charge in [-0.2, -0.15) is 0 Å². The molecule has 1 aliphatic heterocycles. The standard InChI is InChI=1S/C26H27NO4/c1-3-30-22-15-8-7-12-19(22)24-23(26(29)31-16-18-10-5-4-6-11-18)17(2)27-20-13-9-14-21(28)25(20)24/h4-8,10-12,15,24-25H,3,9,13-14,16H2,1-2H3/t24-,25?/m1/s1. The number of nitrogens with zero attached hydrogens (tertiary/aromatic N) is 1. The summed E-state index contributed by atoms with van der Waals surface area (Å²) in [6, 6.07) is 17.2. The van der Waals surface area contributed by atoms with Gasteiger partial charge >= 0.3 is 5.97 Å². The molecule has 0 N–H and O–H groups in total. The van der Waals surface area contributed by atoms with E-state index in [1.165, 1.54) is 0 Å². The van der Waals surface area contributed by atoms with Crippen molar-refractivity contribution < 1.29 is 19.1 Å². The average molecular weight is 418 g/mol. The van der Waals surface area contributed by atoms with Crippen LogP contribution in [0.5, 0.6) is 5.75 Å². The second kappa shape index (κ2) is 9.29. The third-order valence-electron chi connectivity index (χ3n) is 5.89. The van der Waals surface area contributed by atoms with E-state index in [4.69, 9.17) is 14.5 Å². The molecular formula is C26H27NO4. The lowest BCUT2D eigenvalue weighted by atomic mass is 9.69. The molecule has 2 aromatic rings. The zero-order valence-corrected chi connectivity index (χ0v) is 18.0. The van der Waals surface area contributed by atoms with E-state index in [1.54, 1.807) is 0 Å². The molecule has 2 atom stereocenters. The maximum Gasteiger partial charge on any atom is 0.336 e. The van der Waals surface area contributed by atoms with E-state index in [0.717, 1.165) is 29.7 Å². The number of hydrogen-bond acceptors (Lipinski definition) is 5. The summed E-state index contributed by atoms with van der Waals surface area (Å²) in [6.07, 6.45) is 2.07. The lowest BCUT2D eigenvalue weighted by Crippen LogP contribution is -2.39. The van der Waals surface area contributed by atoms with Crippen LogP contribution in [0, 0.1) is 5.92 Å². The van der Waals surface area contributed by atoms with Crippen LogP contribution in [0.15, 0.2) is 70.9 Å². The number of aliphatic imine (C=N–C) groups is 1. The van der Waals surface area contributed by atoms with Gasteiger partial charge in [-0.05, 0) is 38.3 Å². The van der Waals surface area contributed by atoms with Crippen LogP contribution in [0.3, 0.4) is 0 Å². The Morgan fingerprint density at radius 3 is 2.55 bits per heavy atom. The van der Waals surface area contributed by atoms with Crippen molar-refractivity contribution in [3.05, 3.63) is 77.0 Å². The number of esters is 1. The molecule has 2 aromatic carbocycles. The van der Waals surface area contributed by atoms with Crippen LogP contribution < -0.4 is 4.74 Å². The summed E-state index contributed by atoms with van der Waals surface area (Å²) < 4.78 is 11.6. The summed E-state index contributed by atoms with van der Waals surface area (Å²) >= 11 is 0. The molecule has 0 radical (unpaired) electrons. The van der Waals surface area contributed by atoms with Gasteiger partial charge < -0.3 is 9.47 Å². The minimum atomic E-state index is -0.452. The molecule has 0 saturated heterocycles. The lowest BCUT2D eigenvalue weighted by molar-refractivity contribution is -0.140. The van der Waals surface area contributed by atoms with Gasteiger partial charge in [0.2, 0.25) is 0 Å². The van der Waals surface area contributed by atoms with Crippen LogP contribution in [0.4, 0.5) is 0 Å². The van der Waals surface area contributed by atoms with E-state index in [0.29, 0.717) is 30.0 Å². The molecule has 1 heterocycles. The van der Waals surface area contributed by atoms with E-state index in [-0.39, 0.29) is 12.4 Å². The third kappa shape index (κ3) is 4.31. The molecule has 5 nitrogen and oxygen atoms in total. The van der Waals surface area contributed by atoms with Crippen molar-refractivity contribution in [1.29, 1.82) is 0 Å². The largest absolute Gasteiger partial charge is 0.494 e. The molecule has 0 spiro atoms. The van der Waals surface area contributed by atoms with Crippen LogP contribution in [0.25, 0.3) is 0 Å². The van der Waals surface area contributed by atoms with Gasteiger partial charge in [0.1, 0.15) is 18.1 Å². The maximum absolute atomic E-state index is 13.3. The maximum atomic E-state index is 13.3. The van der Waals surface area contributed by atoms with E-state index in [1.807, 2.05) is 68.4 Å². The zero-order chi connectivity index (χ0) is 21.8. The van der Waals surface area contributed by atoms with Crippen LogP contribution in [-0.4, -0.2) is 24.1 Å². The summed E-state index contributed by atoms with van der Waals surface area (Å²) in [5.41, 5.74) is 3.68. The van der Waals surface area contributed by atoms with Crippen molar-refractivity contribution in [3.63, 3.8) is 0 Å².